The zero-order chi connectivity index (χ0) is 16.0. The third-order valence-electron chi connectivity index (χ3n) is 4.85. The molecule has 6 heteroatoms. The van der Waals surface area contributed by atoms with Gasteiger partial charge in [0, 0.05) is 6.04 Å². The molecule has 1 aromatic rings. The van der Waals surface area contributed by atoms with Crippen LogP contribution < -0.4 is 15.5 Å². The van der Waals surface area contributed by atoms with E-state index in [4.69, 9.17) is 14.0 Å². The Morgan fingerprint density at radius 1 is 1.27 bits per heavy atom. The quantitative estimate of drug-likeness (QED) is 0.862. The van der Waals surface area contributed by atoms with Gasteiger partial charge in [-0.15, -0.1) is 0 Å². The van der Waals surface area contributed by atoms with Crippen LogP contribution in [0.5, 0.6) is 5.75 Å². The molecule has 2 saturated heterocycles. The molecule has 1 aromatic carbocycles. The Morgan fingerprint density at radius 3 is 2.41 bits per heavy atom. The van der Waals surface area contributed by atoms with E-state index in [-0.39, 0.29) is 11.6 Å². The van der Waals surface area contributed by atoms with Gasteiger partial charge in [-0.05, 0) is 58.3 Å². The van der Waals surface area contributed by atoms with Crippen molar-refractivity contribution in [1.82, 2.24) is 5.32 Å². The van der Waals surface area contributed by atoms with Gasteiger partial charge in [0.05, 0.1) is 11.2 Å². The van der Waals surface area contributed by atoms with Crippen LogP contribution in [-0.4, -0.2) is 37.5 Å². The molecule has 1 N–H and O–H groups in total. The fourth-order valence-electron chi connectivity index (χ4n) is 2.44. The fourth-order valence-corrected chi connectivity index (χ4v) is 2.44. The number of hydrogen-bond donors (Lipinski definition) is 1. The molecule has 0 saturated carbocycles. The Bertz CT molecular complexity index is 544. The second-order valence-electron chi connectivity index (χ2n) is 7.03. The number of nitrogens with one attached hydrogen (secondary N) is 1. The molecule has 3 rings (SSSR count). The van der Waals surface area contributed by atoms with Crippen molar-refractivity contribution >= 4 is 12.6 Å². The second kappa shape index (κ2) is 5.51. The summed E-state index contributed by atoms with van der Waals surface area (Å²) >= 11 is 0. The second-order valence-corrected chi connectivity index (χ2v) is 7.03. The van der Waals surface area contributed by atoms with E-state index in [1.165, 1.54) is 6.07 Å². The van der Waals surface area contributed by atoms with E-state index in [1.54, 1.807) is 12.1 Å². The van der Waals surface area contributed by atoms with Crippen molar-refractivity contribution in [3.8, 4) is 5.75 Å². The van der Waals surface area contributed by atoms with Crippen LogP contribution in [0.15, 0.2) is 18.2 Å². The minimum absolute atomic E-state index is 0.272. The monoisotopic (exact) mass is 307 g/mol. The Labute approximate surface area is 131 Å². The maximum absolute atomic E-state index is 14.2. The summed E-state index contributed by atoms with van der Waals surface area (Å²) in [7, 11) is -0.554. The summed E-state index contributed by atoms with van der Waals surface area (Å²) in [5.74, 6) is -0.111. The van der Waals surface area contributed by atoms with Gasteiger partial charge in [0.25, 0.3) is 0 Å². The molecule has 0 aliphatic carbocycles. The van der Waals surface area contributed by atoms with Gasteiger partial charge in [-0.25, -0.2) is 4.39 Å². The average Bonchev–Trinajstić information content (AvgIpc) is 2.58. The Balaban J connectivity index is 1.69. The first-order valence-corrected chi connectivity index (χ1v) is 7.80. The molecule has 0 aromatic heterocycles. The van der Waals surface area contributed by atoms with Gasteiger partial charge in [0.1, 0.15) is 6.61 Å². The van der Waals surface area contributed by atoms with Crippen molar-refractivity contribution < 1.29 is 18.4 Å². The van der Waals surface area contributed by atoms with Crippen molar-refractivity contribution in [3.63, 3.8) is 0 Å². The summed E-state index contributed by atoms with van der Waals surface area (Å²) in [6.45, 7) is 9.42. The molecule has 0 amide bonds. The lowest BCUT2D eigenvalue weighted by Gasteiger charge is -2.32. The molecule has 4 nitrogen and oxygen atoms in total. The van der Waals surface area contributed by atoms with Gasteiger partial charge in [-0.2, -0.15) is 0 Å². The van der Waals surface area contributed by atoms with E-state index in [2.05, 4.69) is 5.32 Å². The maximum atomic E-state index is 14.2. The van der Waals surface area contributed by atoms with Crippen LogP contribution in [0.1, 0.15) is 34.1 Å². The topological polar surface area (TPSA) is 39.7 Å². The van der Waals surface area contributed by atoms with E-state index in [1.807, 2.05) is 27.7 Å². The third-order valence-corrected chi connectivity index (χ3v) is 4.85. The minimum Gasteiger partial charge on any atom is -0.489 e. The number of hydrogen-bond acceptors (Lipinski definition) is 4. The van der Waals surface area contributed by atoms with Crippen molar-refractivity contribution in [1.29, 1.82) is 0 Å². The summed E-state index contributed by atoms with van der Waals surface area (Å²) in [5.41, 5.74) is -0.191. The molecular formula is C16H23BFNO3. The summed E-state index contributed by atoms with van der Waals surface area (Å²) in [6, 6.07) is 5.22. The number of benzene rings is 1. The lowest BCUT2D eigenvalue weighted by Crippen LogP contribution is -2.46. The Kier molecular flexibility index (Phi) is 3.95. The van der Waals surface area contributed by atoms with Crippen LogP contribution >= 0.6 is 0 Å². The summed E-state index contributed by atoms with van der Waals surface area (Å²) in [6.07, 6.45) is 1.08. The molecule has 2 heterocycles. The fraction of sp³-hybridized carbons (Fsp3) is 0.625. The lowest BCUT2D eigenvalue weighted by molar-refractivity contribution is 0.00578. The summed E-state index contributed by atoms with van der Waals surface area (Å²) in [5, 5.41) is 3.22. The van der Waals surface area contributed by atoms with Crippen LogP contribution in [-0.2, 0) is 9.31 Å². The van der Waals surface area contributed by atoms with E-state index in [0.29, 0.717) is 18.1 Å². The molecule has 22 heavy (non-hydrogen) atoms. The van der Waals surface area contributed by atoms with E-state index >= 15 is 0 Å². The van der Waals surface area contributed by atoms with E-state index in [0.717, 1.165) is 13.0 Å². The standard InChI is InChI=1S/C16H23BFNO3/c1-15(2)16(3,4)22-17(21-15)11-5-6-14(13(18)9-11)20-10-12-7-8-19-12/h5-6,9,12,19H,7-8,10H2,1-4H3/t12-/m0/s1. The first kappa shape index (κ1) is 15.8. The number of ether oxygens (including phenoxy) is 1. The van der Waals surface area contributed by atoms with Crippen LogP contribution in [0, 0.1) is 5.82 Å². The smallest absolute Gasteiger partial charge is 0.489 e. The van der Waals surface area contributed by atoms with Gasteiger partial charge in [0.2, 0.25) is 0 Å². The van der Waals surface area contributed by atoms with Crippen molar-refractivity contribution in [2.75, 3.05) is 13.2 Å². The molecule has 2 aliphatic heterocycles. The van der Waals surface area contributed by atoms with Gasteiger partial charge in [-0.1, -0.05) is 6.07 Å². The van der Waals surface area contributed by atoms with Crippen LogP contribution in [0.2, 0.25) is 0 Å². The Hall–Kier alpha value is -1.11. The van der Waals surface area contributed by atoms with Gasteiger partial charge in [0.15, 0.2) is 11.6 Å². The molecule has 2 aliphatic rings. The predicted octanol–water partition coefficient (Wildman–Crippen LogP) is 1.87. The maximum Gasteiger partial charge on any atom is 0.494 e. The molecule has 120 valence electrons. The van der Waals surface area contributed by atoms with Crippen molar-refractivity contribution in [2.24, 2.45) is 0 Å². The van der Waals surface area contributed by atoms with Crippen LogP contribution in [0.4, 0.5) is 4.39 Å². The highest BCUT2D eigenvalue weighted by Crippen LogP contribution is 2.36. The van der Waals surface area contributed by atoms with E-state index in [9.17, 15) is 4.39 Å². The average molecular weight is 307 g/mol. The van der Waals surface area contributed by atoms with Gasteiger partial charge in [-0.3, -0.25) is 0 Å². The molecular weight excluding hydrogens is 284 g/mol. The first-order chi connectivity index (χ1) is 10.3. The SMILES string of the molecule is CC1(C)OB(c2ccc(OC[C@@H]3CCN3)c(F)c2)OC1(C)C. The normalized spacial score (nSPS) is 25.9. The first-order valence-electron chi connectivity index (χ1n) is 7.80. The predicted molar refractivity (Wildman–Crippen MR) is 84.0 cm³/mol. The largest absolute Gasteiger partial charge is 0.494 e. The highest BCUT2D eigenvalue weighted by Gasteiger charge is 2.51. The van der Waals surface area contributed by atoms with Crippen LogP contribution in [0.3, 0.4) is 0 Å². The third kappa shape index (κ3) is 2.87. The van der Waals surface area contributed by atoms with Gasteiger partial charge >= 0.3 is 7.12 Å². The van der Waals surface area contributed by atoms with Gasteiger partial charge < -0.3 is 19.4 Å². The number of halogens is 1. The molecule has 1 atom stereocenters. The minimum atomic E-state index is -0.554. The highest BCUT2D eigenvalue weighted by atomic mass is 19.1. The zero-order valence-corrected chi connectivity index (χ0v) is 13.6. The van der Waals surface area contributed by atoms with Crippen molar-refractivity contribution in [3.05, 3.63) is 24.0 Å². The lowest BCUT2D eigenvalue weighted by atomic mass is 9.79. The Morgan fingerprint density at radius 2 is 1.91 bits per heavy atom. The van der Waals surface area contributed by atoms with Crippen molar-refractivity contribution in [2.45, 2.75) is 51.4 Å². The van der Waals surface area contributed by atoms with E-state index < -0.39 is 18.3 Å². The van der Waals surface area contributed by atoms with Crippen LogP contribution in [0.25, 0.3) is 0 Å². The summed E-state index contributed by atoms with van der Waals surface area (Å²) in [4.78, 5) is 0. The molecule has 0 unspecified atom stereocenters. The molecule has 0 bridgehead atoms. The number of rotatable bonds is 4. The molecule has 0 radical (unpaired) electrons. The highest BCUT2D eigenvalue weighted by molar-refractivity contribution is 6.62. The molecule has 0 spiro atoms. The molecule has 2 fully saturated rings. The zero-order valence-electron chi connectivity index (χ0n) is 13.6. The summed E-state index contributed by atoms with van der Waals surface area (Å²) < 4.78 is 31.6.